The third kappa shape index (κ3) is 1.67. The van der Waals surface area contributed by atoms with Crippen molar-refractivity contribution in [1.82, 2.24) is 24.7 Å². The summed E-state index contributed by atoms with van der Waals surface area (Å²) in [6, 6.07) is 0. The lowest BCUT2D eigenvalue weighted by Gasteiger charge is -2.16. The lowest BCUT2D eigenvalue weighted by Crippen LogP contribution is -2.15. The molecule has 1 aliphatic rings. The summed E-state index contributed by atoms with van der Waals surface area (Å²) in [5.74, 6) is 0.305. The number of rotatable bonds is 2. The summed E-state index contributed by atoms with van der Waals surface area (Å²) < 4.78 is 7.61. The van der Waals surface area contributed by atoms with Gasteiger partial charge in [-0.05, 0) is 6.42 Å². The van der Waals surface area contributed by atoms with Crippen LogP contribution in [0.5, 0.6) is 0 Å². The van der Waals surface area contributed by atoms with Crippen molar-refractivity contribution in [3.05, 3.63) is 12.7 Å². The first-order valence-electron chi connectivity index (χ1n) is 5.56. The van der Waals surface area contributed by atoms with E-state index in [1.165, 1.54) is 6.33 Å². The molecule has 3 heterocycles. The molecule has 0 spiro atoms. The zero-order valence-electron chi connectivity index (χ0n) is 9.39. The quantitative estimate of drug-likeness (QED) is 0.796. The van der Waals surface area contributed by atoms with Crippen LogP contribution in [-0.4, -0.2) is 42.5 Å². The molecule has 0 amide bonds. The predicted octanol–water partition coefficient (Wildman–Crippen LogP) is 0.137. The van der Waals surface area contributed by atoms with Crippen LogP contribution in [0.15, 0.2) is 12.7 Å². The minimum atomic E-state index is -0.145. The highest BCUT2D eigenvalue weighted by Gasteiger charge is 2.34. The van der Waals surface area contributed by atoms with Gasteiger partial charge in [-0.2, -0.15) is 0 Å². The van der Waals surface area contributed by atoms with Crippen molar-refractivity contribution in [2.75, 3.05) is 6.61 Å². The van der Waals surface area contributed by atoms with Crippen LogP contribution >= 0.6 is 0 Å². The molecule has 1 fully saturated rings. The first-order valence-corrected chi connectivity index (χ1v) is 5.56. The molecule has 17 heavy (non-hydrogen) atoms. The van der Waals surface area contributed by atoms with Gasteiger partial charge in [-0.15, -0.1) is 10.2 Å². The van der Waals surface area contributed by atoms with E-state index in [1.807, 2.05) is 4.57 Å². The van der Waals surface area contributed by atoms with E-state index in [0.29, 0.717) is 17.2 Å². The van der Waals surface area contributed by atoms with Crippen LogP contribution in [-0.2, 0) is 4.74 Å². The van der Waals surface area contributed by atoms with Gasteiger partial charge in [-0.3, -0.25) is 4.57 Å². The first kappa shape index (κ1) is 10.5. The normalized spacial score (nSPS) is 28.9. The molecule has 3 rings (SSSR count). The number of nitrogens with zero attached hydrogens (tertiary/aromatic N) is 5. The Morgan fingerprint density at radius 3 is 3.18 bits per heavy atom. The largest absolute Gasteiger partial charge is 0.394 e. The molecule has 3 atom stereocenters. The molecule has 0 unspecified atom stereocenters. The van der Waals surface area contributed by atoms with Gasteiger partial charge in [0.2, 0.25) is 5.65 Å². The average Bonchev–Trinajstić information content (AvgIpc) is 2.92. The van der Waals surface area contributed by atoms with Crippen molar-refractivity contribution in [2.45, 2.75) is 25.7 Å². The van der Waals surface area contributed by atoms with Crippen LogP contribution in [0.1, 0.15) is 19.6 Å². The van der Waals surface area contributed by atoms with E-state index < -0.39 is 0 Å². The molecule has 7 heteroatoms. The maximum Gasteiger partial charge on any atom is 0.219 e. The third-order valence-corrected chi connectivity index (χ3v) is 3.06. The van der Waals surface area contributed by atoms with Crippen molar-refractivity contribution in [3.63, 3.8) is 0 Å². The monoisotopic (exact) mass is 235 g/mol. The molecule has 90 valence electrons. The molecule has 0 aliphatic carbocycles. The van der Waals surface area contributed by atoms with Gasteiger partial charge < -0.3 is 9.84 Å². The van der Waals surface area contributed by atoms with Crippen LogP contribution in [0.2, 0.25) is 0 Å². The van der Waals surface area contributed by atoms with E-state index in [2.05, 4.69) is 27.1 Å². The van der Waals surface area contributed by atoms with Gasteiger partial charge in [0.25, 0.3) is 0 Å². The number of fused-ring (bicyclic) bond motifs is 1. The highest BCUT2D eigenvalue weighted by Crippen LogP contribution is 2.34. The molecule has 2 aromatic heterocycles. The zero-order valence-corrected chi connectivity index (χ0v) is 9.39. The summed E-state index contributed by atoms with van der Waals surface area (Å²) in [5, 5.41) is 16.7. The smallest absolute Gasteiger partial charge is 0.219 e. The highest BCUT2D eigenvalue weighted by molar-refractivity contribution is 5.64. The maximum atomic E-state index is 9.12. The van der Waals surface area contributed by atoms with E-state index in [-0.39, 0.29) is 18.9 Å². The van der Waals surface area contributed by atoms with E-state index >= 15 is 0 Å². The molecule has 7 nitrogen and oxygen atoms in total. The van der Waals surface area contributed by atoms with E-state index in [9.17, 15) is 0 Å². The maximum absolute atomic E-state index is 9.12. The minimum absolute atomic E-state index is 0.0424. The Hall–Kier alpha value is -1.60. The molecule has 1 saturated heterocycles. The summed E-state index contributed by atoms with van der Waals surface area (Å²) in [6.07, 6.45) is 3.63. The van der Waals surface area contributed by atoms with E-state index in [1.54, 1.807) is 6.33 Å². The van der Waals surface area contributed by atoms with E-state index in [0.717, 1.165) is 6.42 Å². The first-order chi connectivity index (χ1) is 8.29. The summed E-state index contributed by atoms with van der Waals surface area (Å²) >= 11 is 0. The Bertz CT molecular complexity index is 528. The summed E-state index contributed by atoms with van der Waals surface area (Å²) in [5.41, 5.74) is 1.17. The molecule has 0 bridgehead atoms. The summed E-state index contributed by atoms with van der Waals surface area (Å²) in [6.45, 7) is 2.13. The highest BCUT2D eigenvalue weighted by atomic mass is 16.5. The van der Waals surface area contributed by atoms with Gasteiger partial charge in [-0.25, -0.2) is 9.97 Å². The number of imidazole rings is 1. The Kier molecular flexibility index (Phi) is 2.49. The van der Waals surface area contributed by atoms with Crippen molar-refractivity contribution < 1.29 is 9.84 Å². The Labute approximate surface area is 97.5 Å². The number of ether oxygens (including phenoxy) is 1. The van der Waals surface area contributed by atoms with Gasteiger partial charge in [0.05, 0.1) is 12.7 Å². The Morgan fingerprint density at radius 2 is 2.41 bits per heavy atom. The number of aliphatic hydroxyl groups is 1. The molecule has 0 aromatic carbocycles. The average molecular weight is 235 g/mol. The third-order valence-electron chi connectivity index (χ3n) is 3.06. The second-order valence-corrected chi connectivity index (χ2v) is 4.30. The molecule has 0 saturated carbocycles. The van der Waals surface area contributed by atoms with Gasteiger partial charge in [0, 0.05) is 5.92 Å². The lowest BCUT2D eigenvalue weighted by molar-refractivity contribution is -0.0294. The van der Waals surface area contributed by atoms with Gasteiger partial charge in [0.1, 0.15) is 18.9 Å². The van der Waals surface area contributed by atoms with Crippen LogP contribution in [0.4, 0.5) is 0 Å². The van der Waals surface area contributed by atoms with Crippen LogP contribution < -0.4 is 0 Å². The van der Waals surface area contributed by atoms with E-state index in [4.69, 9.17) is 9.84 Å². The Balaban J connectivity index is 1.99. The van der Waals surface area contributed by atoms with Gasteiger partial charge in [0.15, 0.2) is 5.65 Å². The van der Waals surface area contributed by atoms with Crippen molar-refractivity contribution in [1.29, 1.82) is 0 Å². The molecule has 1 aliphatic heterocycles. The van der Waals surface area contributed by atoms with Crippen LogP contribution in [0.3, 0.4) is 0 Å². The minimum Gasteiger partial charge on any atom is -0.394 e. The molecular weight excluding hydrogens is 222 g/mol. The van der Waals surface area contributed by atoms with Crippen molar-refractivity contribution >= 4 is 11.3 Å². The molecular formula is C10H13N5O2. The summed E-state index contributed by atoms with van der Waals surface area (Å²) in [4.78, 5) is 8.29. The van der Waals surface area contributed by atoms with Crippen molar-refractivity contribution in [2.24, 2.45) is 5.92 Å². The lowest BCUT2D eigenvalue weighted by atomic mass is 10.1. The Morgan fingerprint density at radius 1 is 1.53 bits per heavy atom. The fraction of sp³-hybridized carbons (Fsp3) is 0.600. The van der Waals surface area contributed by atoms with Crippen LogP contribution in [0, 0.1) is 5.92 Å². The number of aliphatic hydroxyl groups excluding tert-OH is 1. The van der Waals surface area contributed by atoms with Gasteiger partial charge in [-0.1, -0.05) is 6.92 Å². The second kappa shape index (κ2) is 4.01. The fourth-order valence-electron chi connectivity index (χ4n) is 2.26. The molecule has 0 radical (unpaired) electrons. The standard InChI is InChI=1S/C10H13N5O2/c1-6-2-7(3-16)17-10(6)15-5-12-8-9(15)11-4-13-14-8/h4-7,10,16H,2-3H2,1H3/t6-,7-,10+/m0/s1. The zero-order chi connectivity index (χ0) is 11.8. The number of hydrogen-bond donors (Lipinski definition) is 1. The number of hydrogen-bond acceptors (Lipinski definition) is 6. The number of aromatic nitrogens is 5. The van der Waals surface area contributed by atoms with Crippen molar-refractivity contribution in [3.8, 4) is 0 Å². The fourth-order valence-corrected chi connectivity index (χ4v) is 2.26. The SMILES string of the molecule is C[C@H]1C[C@@H](CO)O[C@H]1n1cnc2nncnc21. The molecule has 1 N–H and O–H groups in total. The second-order valence-electron chi connectivity index (χ2n) is 4.30. The molecule has 2 aromatic rings. The van der Waals surface area contributed by atoms with Crippen LogP contribution in [0.25, 0.3) is 11.3 Å². The predicted molar refractivity (Wildman–Crippen MR) is 57.9 cm³/mol. The topological polar surface area (TPSA) is 86.0 Å². The van der Waals surface area contributed by atoms with Gasteiger partial charge >= 0.3 is 0 Å². The summed E-state index contributed by atoms with van der Waals surface area (Å²) in [7, 11) is 0.